The fourth-order valence-electron chi connectivity index (χ4n) is 3.25. The maximum Gasteiger partial charge on any atom is 0.271 e. The van der Waals surface area contributed by atoms with Crippen LogP contribution >= 0.6 is 0 Å². The number of aliphatic imine (C=N–C) groups is 4. The fraction of sp³-hybridized carbons (Fsp3) is 0.333. The lowest BCUT2D eigenvalue weighted by Crippen LogP contribution is -1.96. The van der Waals surface area contributed by atoms with Gasteiger partial charge >= 0.3 is 0 Å². The molecule has 6 heteroatoms. The Morgan fingerprint density at radius 1 is 0.533 bits per heavy atom. The second kappa shape index (κ2) is 10.5. The normalized spacial score (nSPS) is 15.3. The summed E-state index contributed by atoms with van der Waals surface area (Å²) in [5, 5.41) is 16.8. The average molecular weight is 407 g/mol. The first-order valence-corrected chi connectivity index (χ1v) is 10.3. The minimum atomic E-state index is 0.454. The highest BCUT2D eigenvalue weighted by molar-refractivity contribution is 5.93. The molecule has 2 aromatic carbocycles. The second-order valence-electron chi connectivity index (χ2n) is 7.48. The molecule has 4 bridgehead atoms. The van der Waals surface area contributed by atoms with Gasteiger partial charge in [0, 0.05) is 51.0 Å². The maximum atomic E-state index is 8.41. The van der Waals surface area contributed by atoms with Gasteiger partial charge in [-0.25, -0.2) is 0 Å². The summed E-state index contributed by atoms with van der Waals surface area (Å²) in [6, 6.07) is 7.92. The molecule has 0 fully saturated rings. The lowest BCUT2D eigenvalue weighted by atomic mass is 10.1. The lowest BCUT2D eigenvalue weighted by Gasteiger charge is -2.03. The van der Waals surface area contributed by atoms with Crippen LogP contribution in [0.4, 0.5) is 0 Å². The van der Waals surface area contributed by atoms with Gasteiger partial charge in [-0.1, -0.05) is 0 Å². The highest BCUT2D eigenvalue weighted by atomic mass is 16.3. The van der Waals surface area contributed by atoms with Crippen LogP contribution in [0.1, 0.15) is 46.2 Å². The molecule has 0 aromatic heterocycles. The van der Waals surface area contributed by atoms with Gasteiger partial charge in [-0.2, -0.15) is 0 Å². The highest BCUT2D eigenvalue weighted by Gasteiger charge is 2.11. The molecule has 1 aliphatic heterocycles. The van der Waals surface area contributed by atoms with E-state index in [1.165, 1.54) is 0 Å². The van der Waals surface area contributed by atoms with Crippen molar-refractivity contribution in [3.63, 3.8) is 0 Å². The molecule has 0 saturated carbocycles. The zero-order chi connectivity index (χ0) is 21.3. The number of fused-ring (bicyclic) bond motifs is 4. The summed E-state index contributed by atoms with van der Waals surface area (Å²) < 4.78 is 0. The molecule has 1 aliphatic rings. The third-order valence-corrected chi connectivity index (χ3v) is 4.76. The second-order valence-corrected chi connectivity index (χ2v) is 7.48. The van der Waals surface area contributed by atoms with Crippen molar-refractivity contribution in [2.75, 3.05) is 26.2 Å². The van der Waals surface area contributed by atoms with E-state index in [4.69, 9.17) is 10.2 Å². The van der Waals surface area contributed by atoms with Crippen molar-refractivity contribution in [1.82, 2.24) is 0 Å². The molecule has 2 aromatic rings. The van der Waals surface area contributed by atoms with Crippen LogP contribution in [0, 0.1) is 13.8 Å². The van der Waals surface area contributed by atoms with Crippen LogP contribution in [-0.4, -0.2) is 61.3 Å². The van der Waals surface area contributed by atoms with E-state index < -0.39 is 0 Å². The third-order valence-electron chi connectivity index (χ3n) is 4.76. The summed E-state index contributed by atoms with van der Waals surface area (Å²) in [5.74, 6) is 0.908. The van der Waals surface area contributed by atoms with Crippen LogP contribution in [0.2, 0.25) is 0 Å². The zero-order valence-corrected chi connectivity index (χ0v) is 17.7. The molecular formula is C24H30N4O2+2. The van der Waals surface area contributed by atoms with Crippen molar-refractivity contribution in [1.29, 1.82) is 0 Å². The summed E-state index contributed by atoms with van der Waals surface area (Å²) in [6.07, 6.45) is 8.73. The van der Waals surface area contributed by atoms with E-state index >= 15 is 0 Å². The predicted molar refractivity (Wildman–Crippen MR) is 128 cm³/mol. The Morgan fingerprint density at radius 2 is 0.800 bits per heavy atom. The molecule has 4 N–H and O–H groups in total. The summed E-state index contributed by atoms with van der Waals surface area (Å²) >= 11 is 0. The van der Waals surface area contributed by atoms with Crippen molar-refractivity contribution < 1.29 is 10.2 Å². The lowest BCUT2D eigenvalue weighted by molar-refractivity contribution is 0.473. The number of aryl methyl sites for hydroxylation is 2. The Labute approximate surface area is 177 Å². The summed E-state index contributed by atoms with van der Waals surface area (Å²) in [4.78, 5) is 17.9. The Balaban J connectivity index is 1.83. The minimum absolute atomic E-state index is 0.454. The van der Waals surface area contributed by atoms with Crippen LogP contribution in [0.25, 0.3) is 0 Å². The largest absolute Gasteiger partial charge is 0.592 e. The molecule has 0 radical (unpaired) electrons. The number of rotatable bonds is 0. The summed E-state index contributed by atoms with van der Waals surface area (Å²) in [6.45, 7) is 6.63. The summed E-state index contributed by atoms with van der Waals surface area (Å²) in [5.41, 5.74) is 5.42. The van der Waals surface area contributed by atoms with E-state index in [1.54, 1.807) is 24.9 Å². The quantitative estimate of drug-likeness (QED) is 0.600. The van der Waals surface area contributed by atoms with Gasteiger partial charge in [-0.15, -0.1) is 0 Å². The van der Waals surface area contributed by atoms with E-state index in [0.717, 1.165) is 46.2 Å². The molecule has 0 saturated heterocycles. The minimum Gasteiger partial charge on any atom is -0.592 e. The molecule has 156 valence electrons. The molecule has 0 aliphatic carbocycles. The molecule has 0 atom stereocenters. The highest BCUT2D eigenvalue weighted by Crippen LogP contribution is 2.23. The van der Waals surface area contributed by atoms with Gasteiger partial charge in [0.15, 0.2) is 0 Å². The van der Waals surface area contributed by atoms with Crippen molar-refractivity contribution in [3.05, 3.63) is 57.6 Å². The van der Waals surface area contributed by atoms with Crippen LogP contribution < -0.4 is 0 Å². The number of hydrogen-bond acceptors (Lipinski definition) is 4. The van der Waals surface area contributed by atoms with E-state index in [9.17, 15) is 0 Å². The molecule has 30 heavy (non-hydrogen) atoms. The van der Waals surface area contributed by atoms with Gasteiger partial charge in [0.1, 0.15) is 0 Å². The number of benzene rings is 2. The van der Waals surface area contributed by atoms with Crippen molar-refractivity contribution >= 4 is 24.9 Å². The van der Waals surface area contributed by atoms with E-state index in [2.05, 4.69) is 20.0 Å². The smallest absolute Gasteiger partial charge is 0.271 e. The predicted octanol–water partition coefficient (Wildman–Crippen LogP) is 3.35. The van der Waals surface area contributed by atoms with Crippen molar-refractivity contribution in [3.8, 4) is 11.5 Å². The van der Waals surface area contributed by atoms with Gasteiger partial charge in [0.25, 0.3) is 11.5 Å². The Morgan fingerprint density at radius 3 is 1.07 bits per heavy atom. The standard InChI is InChI=1S/C24H28N4O2/c1-17-9-19-13-25-5-3-7-27-15-21-11-18(2)12-22(24(21)30)16-28-8-4-6-26-14-20(10-17)23(19)29/h9-16,29-30H,3-8H2,1-2H3/p+2. The Hall–Kier alpha value is -3.28. The molecule has 0 spiro atoms. The molecule has 6 nitrogen and oxygen atoms in total. The van der Waals surface area contributed by atoms with E-state index in [1.807, 2.05) is 38.1 Å². The molecule has 0 amide bonds. The number of hydrogen-bond donors (Lipinski definition) is 0. The van der Waals surface area contributed by atoms with E-state index in [0.29, 0.717) is 37.7 Å². The fourth-order valence-corrected chi connectivity index (χ4v) is 3.25. The zero-order valence-electron chi connectivity index (χ0n) is 17.7. The van der Waals surface area contributed by atoms with Gasteiger partial charge < -0.3 is 10.2 Å². The van der Waals surface area contributed by atoms with Crippen LogP contribution in [0.5, 0.6) is 11.5 Å². The molecule has 3 rings (SSSR count). The van der Waals surface area contributed by atoms with Gasteiger partial charge in [0.2, 0.25) is 0 Å². The SMILES string of the molecule is Cc1cc2c([OH2+])c(c1)C=NCCCN=Cc1cc(C)cc(c1[OH2+])C=NCCCN=C2. The van der Waals surface area contributed by atoms with Gasteiger partial charge in [-0.3, -0.25) is 20.0 Å². The summed E-state index contributed by atoms with van der Waals surface area (Å²) in [7, 11) is 0. The molecular weight excluding hydrogens is 376 g/mol. The van der Waals surface area contributed by atoms with Gasteiger partial charge in [0.05, 0.1) is 22.3 Å². The maximum absolute atomic E-state index is 8.41. The Bertz CT molecular complexity index is 855. The average Bonchev–Trinajstić information content (AvgIpc) is 2.71. The monoisotopic (exact) mass is 406 g/mol. The topological polar surface area (TPSA) is 95.2 Å². The van der Waals surface area contributed by atoms with Gasteiger partial charge in [-0.05, 0) is 62.1 Å². The first kappa shape index (κ1) is 21.4. The molecule has 1 heterocycles. The van der Waals surface area contributed by atoms with Crippen molar-refractivity contribution in [2.45, 2.75) is 26.7 Å². The number of nitrogens with zero attached hydrogens (tertiary/aromatic N) is 4. The van der Waals surface area contributed by atoms with Crippen LogP contribution in [-0.2, 0) is 0 Å². The van der Waals surface area contributed by atoms with Crippen LogP contribution in [0.3, 0.4) is 0 Å². The third kappa shape index (κ3) is 5.86. The first-order valence-electron chi connectivity index (χ1n) is 10.3. The van der Waals surface area contributed by atoms with Crippen LogP contribution in [0.15, 0.2) is 44.2 Å². The van der Waals surface area contributed by atoms with E-state index in [-0.39, 0.29) is 0 Å². The Kier molecular flexibility index (Phi) is 7.49. The molecule has 0 unspecified atom stereocenters. The first-order chi connectivity index (χ1) is 14.5. The van der Waals surface area contributed by atoms with Crippen molar-refractivity contribution in [2.24, 2.45) is 20.0 Å².